The van der Waals surface area contributed by atoms with Gasteiger partial charge in [-0.05, 0) is 31.5 Å². The van der Waals surface area contributed by atoms with Gasteiger partial charge in [0.05, 0.1) is 6.54 Å². The molecular formula is C14H20N4O. The smallest absolute Gasteiger partial charge is 0.224 e. The van der Waals surface area contributed by atoms with Gasteiger partial charge in [-0.25, -0.2) is 4.98 Å². The average molecular weight is 260 g/mol. The van der Waals surface area contributed by atoms with Crippen LogP contribution in [0, 0.1) is 6.92 Å². The van der Waals surface area contributed by atoms with Crippen LogP contribution in [0.2, 0.25) is 0 Å². The normalized spacial score (nSPS) is 10.5. The highest BCUT2D eigenvalue weighted by Crippen LogP contribution is 2.15. The molecule has 5 heteroatoms. The van der Waals surface area contributed by atoms with E-state index in [1.807, 2.05) is 37.1 Å². The lowest BCUT2D eigenvalue weighted by atomic mass is 10.4. The standard InChI is InChI=1S/C14H20N4O/c1-4-8-15-14-16-9-7-13(17-14)18(3)10-12-6-5-11(2)19-12/h5-7,9H,4,8,10H2,1-3H3,(H,15,16,17). The molecule has 0 radical (unpaired) electrons. The van der Waals surface area contributed by atoms with Crippen LogP contribution in [-0.2, 0) is 6.54 Å². The van der Waals surface area contributed by atoms with Gasteiger partial charge in [0.15, 0.2) is 0 Å². The molecule has 0 aliphatic carbocycles. The number of hydrogen-bond acceptors (Lipinski definition) is 5. The molecule has 102 valence electrons. The highest BCUT2D eigenvalue weighted by atomic mass is 16.3. The van der Waals surface area contributed by atoms with E-state index in [9.17, 15) is 0 Å². The molecule has 2 aromatic heterocycles. The molecule has 5 nitrogen and oxygen atoms in total. The highest BCUT2D eigenvalue weighted by molar-refractivity contribution is 5.41. The van der Waals surface area contributed by atoms with Gasteiger partial charge in [-0.15, -0.1) is 0 Å². The van der Waals surface area contributed by atoms with Gasteiger partial charge in [-0.1, -0.05) is 6.92 Å². The second kappa shape index (κ2) is 6.22. The molecule has 2 aromatic rings. The number of nitrogens with zero attached hydrogens (tertiary/aromatic N) is 3. The topological polar surface area (TPSA) is 54.2 Å². The minimum absolute atomic E-state index is 0.668. The fourth-order valence-electron chi connectivity index (χ4n) is 1.77. The fraction of sp³-hybridized carbons (Fsp3) is 0.429. The Hall–Kier alpha value is -2.04. The molecule has 0 amide bonds. The Bertz CT molecular complexity index is 524. The Morgan fingerprint density at radius 1 is 1.32 bits per heavy atom. The molecule has 0 spiro atoms. The summed E-state index contributed by atoms with van der Waals surface area (Å²) in [7, 11) is 1.99. The van der Waals surface area contributed by atoms with E-state index < -0.39 is 0 Å². The molecule has 0 atom stereocenters. The molecule has 0 saturated heterocycles. The van der Waals surface area contributed by atoms with Gasteiger partial charge in [0.25, 0.3) is 0 Å². The molecule has 19 heavy (non-hydrogen) atoms. The molecular weight excluding hydrogens is 240 g/mol. The number of furan rings is 1. The van der Waals surface area contributed by atoms with E-state index in [1.54, 1.807) is 6.20 Å². The van der Waals surface area contributed by atoms with E-state index in [4.69, 9.17) is 4.42 Å². The van der Waals surface area contributed by atoms with Crippen LogP contribution in [0.4, 0.5) is 11.8 Å². The van der Waals surface area contributed by atoms with Crippen molar-refractivity contribution in [3.63, 3.8) is 0 Å². The summed E-state index contributed by atoms with van der Waals surface area (Å²) in [5.41, 5.74) is 0. The van der Waals surface area contributed by atoms with Crippen LogP contribution in [0.1, 0.15) is 24.9 Å². The van der Waals surface area contributed by atoms with Crippen LogP contribution in [0.3, 0.4) is 0 Å². The third-order valence-corrected chi connectivity index (χ3v) is 2.75. The van der Waals surface area contributed by atoms with Crippen LogP contribution < -0.4 is 10.2 Å². The number of hydrogen-bond donors (Lipinski definition) is 1. The molecule has 1 N–H and O–H groups in total. The van der Waals surface area contributed by atoms with E-state index in [-0.39, 0.29) is 0 Å². The average Bonchev–Trinajstić information content (AvgIpc) is 2.82. The van der Waals surface area contributed by atoms with Crippen LogP contribution in [-0.4, -0.2) is 23.6 Å². The number of aromatic nitrogens is 2. The molecule has 2 rings (SSSR count). The number of anilines is 2. The molecule has 0 unspecified atom stereocenters. The van der Waals surface area contributed by atoms with E-state index in [1.165, 1.54) is 0 Å². The van der Waals surface area contributed by atoms with Crippen molar-refractivity contribution in [2.75, 3.05) is 23.8 Å². The first kappa shape index (κ1) is 13.4. The Balaban J connectivity index is 2.03. The lowest BCUT2D eigenvalue weighted by molar-refractivity contribution is 0.481. The minimum Gasteiger partial charge on any atom is -0.464 e. The summed E-state index contributed by atoms with van der Waals surface area (Å²) in [6, 6.07) is 5.85. The van der Waals surface area contributed by atoms with Gasteiger partial charge in [-0.2, -0.15) is 4.98 Å². The van der Waals surface area contributed by atoms with E-state index >= 15 is 0 Å². The molecule has 0 saturated carbocycles. The zero-order valence-electron chi connectivity index (χ0n) is 11.7. The predicted molar refractivity (Wildman–Crippen MR) is 76.4 cm³/mol. The Morgan fingerprint density at radius 3 is 2.84 bits per heavy atom. The van der Waals surface area contributed by atoms with Gasteiger partial charge in [-0.3, -0.25) is 0 Å². The number of aryl methyl sites for hydroxylation is 1. The van der Waals surface area contributed by atoms with Crippen molar-refractivity contribution in [2.45, 2.75) is 26.8 Å². The van der Waals surface area contributed by atoms with Crippen molar-refractivity contribution in [1.29, 1.82) is 0 Å². The molecule has 0 fully saturated rings. The van der Waals surface area contributed by atoms with Crippen molar-refractivity contribution >= 4 is 11.8 Å². The Kier molecular flexibility index (Phi) is 4.39. The van der Waals surface area contributed by atoms with Crippen molar-refractivity contribution in [3.8, 4) is 0 Å². The predicted octanol–water partition coefficient (Wildman–Crippen LogP) is 2.84. The maximum absolute atomic E-state index is 5.57. The second-order valence-electron chi connectivity index (χ2n) is 4.53. The van der Waals surface area contributed by atoms with Gasteiger partial charge < -0.3 is 14.6 Å². The molecule has 0 aliphatic rings. The van der Waals surface area contributed by atoms with Crippen molar-refractivity contribution in [3.05, 3.63) is 35.9 Å². The van der Waals surface area contributed by atoms with Crippen LogP contribution in [0.15, 0.2) is 28.8 Å². The first-order chi connectivity index (χ1) is 9.19. The summed E-state index contributed by atoms with van der Waals surface area (Å²) in [5, 5.41) is 3.19. The highest BCUT2D eigenvalue weighted by Gasteiger charge is 2.07. The summed E-state index contributed by atoms with van der Waals surface area (Å²) in [5.74, 6) is 3.41. The maximum Gasteiger partial charge on any atom is 0.224 e. The van der Waals surface area contributed by atoms with Crippen LogP contribution >= 0.6 is 0 Å². The van der Waals surface area contributed by atoms with E-state index in [2.05, 4.69) is 22.2 Å². The van der Waals surface area contributed by atoms with Crippen LogP contribution in [0.25, 0.3) is 0 Å². The van der Waals surface area contributed by atoms with Crippen molar-refractivity contribution < 1.29 is 4.42 Å². The third kappa shape index (κ3) is 3.71. The summed E-state index contributed by atoms with van der Waals surface area (Å²) in [4.78, 5) is 10.7. The number of nitrogens with one attached hydrogen (secondary N) is 1. The molecule has 0 aliphatic heterocycles. The van der Waals surface area contributed by atoms with Crippen LogP contribution in [0.5, 0.6) is 0 Å². The Morgan fingerprint density at radius 2 is 2.16 bits per heavy atom. The van der Waals surface area contributed by atoms with Gasteiger partial charge >= 0.3 is 0 Å². The first-order valence-corrected chi connectivity index (χ1v) is 6.52. The number of rotatable bonds is 6. The summed E-state index contributed by atoms with van der Waals surface area (Å²) in [6.07, 6.45) is 2.82. The lowest BCUT2D eigenvalue weighted by Gasteiger charge is -2.17. The fourth-order valence-corrected chi connectivity index (χ4v) is 1.77. The quantitative estimate of drug-likeness (QED) is 0.865. The largest absolute Gasteiger partial charge is 0.464 e. The van der Waals surface area contributed by atoms with Gasteiger partial charge in [0.2, 0.25) is 5.95 Å². The Labute approximate surface area is 113 Å². The van der Waals surface area contributed by atoms with Crippen molar-refractivity contribution in [1.82, 2.24) is 9.97 Å². The summed E-state index contributed by atoms with van der Waals surface area (Å²) in [6.45, 7) is 5.63. The third-order valence-electron chi connectivity index (χ3n) is 2.75. The second-order valence-corrected chi connectivity index (χ2v) is 4.53. The zero-order chi connectivity index (χ0) is 13.7. The summed E-state index contributed by atoms with van der Waals surface area (Å²) < 4.78 is 5.57. The van der Waals surface area contributed by atoms with Gasteiger partial charge in [0, 0.05) is 19.8 Å². The van der Waals surface area contributed by atoms with Crippen molar-refractivity contribution in [2.24, 2.45) is 0 Å². The maximum atomic E-state index is 5.57. The van der Waals surface area contributed by atoms with E-state index in [0.29, 0.717) is 12.5 Å². The molecule has 0 aromatic carbocycles. The zero-order valence-corrected chi connectivity index (χ0v) is 11.7. The summed E-state index contributed by atoms with van der Waals surface area (Å²) >= 11 is 0. The molecule has 0 bridgehead atoms. The van der Waals surface area contributed by atoms with Gasteiger partial charge in [0.1, 0.15) is 17.3 Å². The lowest BCUT2D eigenvalue weighted by Crippen LogP contribution is -2.18. The SMILES string of the molecule is CCCNc1nccc(N(C)Cc2ccc(C)o2)n1. The van der Waals surface area contributed by atoms with E-state index in [0.717, 1.165) is 30.3 Å². The minimum atomic E-state index is 0.668. The monoisotopic (exact) mass is 260 g/mol. The molecule has 2 heterocycles. The first-order valence-electron chi connectivity index (χ1n) is 6.52.